The molecule has 8 unspecified atom stereocenters. The number of carbonyl (C=O) groups excluding carboxylic acids is 3. The zero-order chi connectivity index (χ0) is 39.9. The number of anilines is 1. The third-order valence-corrected chi connectivity index (χ3v) is 11.2. The number of nitrogens with zero attached hydrogens (tertiary/aromatic N) is 4. The topological polar surface area (TPSA) is 384 Å². The van der Waals surface area contributed by atoms with Crippen LogP contribution in [0.5, 0.6) is 0 Å². The summed E-state index contributed by atoms with van der Waals surface area (Å²) >= 11 is 0.828. The maximum atomic E-state index is 12.6. The Morgan fingerprint density at radius 3 is 2.36 bits per heavy atom. The number of phosphoric ester groups is 3. The first-order valence-electron chi connectivity index (χ1n) is 15.2. The summed E-state index contributed by atoms with van der Waals surface area (Å²) < 4.78 is 61.9. The van der Waals surface area contributed by atoms with Gasteiger partial charge >= 0.3 is 23.5 Å². The highest BCUT2D eigenvalue weighted by atomic mass is 32.2. The molecule has 0 radical (unpaired) electrons. The molecule has 0 saturated carbocycles. The summed E-state index contributed by atoms with van der Waals surface area (Å²) in [6.45, 7) is 1.62. The van der Waals surface area contributed by atoms with Crippen LogP contribution < -0.4 is 16.4 Å². The lowest BCUT2D eigenvalue weighted by atomic mass is 9.87. The van der Waals surface area contributed by atoms with Crippen LogP contribution in [0.25, 0.3) is 11.2 Å². The third kappa shape index (κ3) is 13.4. The van der Waals surface area contributed by atoms with E-state index in [1.54, 1.807) is 0 Å². The zero-order valence-electron chi connectivity index (χ0n) is 28.1. The second kappa shape index (κ2) is 18.4. The molecule has 11 N–H and O–H groups in total. The number of aliphatic hydroxyl groups excluding tert-OH is 3. The monoisotopic (exact) mass is 839 g/mol. The molecule has 1 saturated heterocycles. The minimum Gasteiger partial charge on any atom is -0.386 e. The van der Waals surface area contributed by atoms with Gasteiger partial charge in [0, 0.05) is 30.7 Å². The SMILES string of the molecule is CC(O)C(=O)SCCNC(=O)CCNC(=O)C(O)C(C)(C)COP(=O)(O)OP(=O)(O)OCC1OC(n2cnc3c(N)ncnc32)C(O)C1OP(=O)(O)O. The van der Waals surface area contributed by atoms with Gasteiger partial charge in [-0.15, -0.1) is 0 Å². The van der Waals surface area contributed by atoms with Gasteiger partial charge in [0.05, 0.1) is 19.5 Å². The van der Waals surface area contributed by atoms with Gasteiger partial charge in [-0.2, -0.15) is 4.31 Å². The van der Waals surface area contributed by atoms with E-state index < -0.39 is 95.8 Å². The maximum Gasteiger partial charge on any atom is 0.481 e. The Morgan fingerprint density at radius 1 is 1.06 bits per heavy atom. The molecular formula is C24H40N7O18P3S. The molecule has 2 amide bonds. The predicted molar refractivity (Wildman–Crippen MR) is 179 cm³/mol. The van der Waals surface area contributed by atoms with Gasteiger partial charge in [-0.25, -0.2) is 28.6 Å². The fourth-order valence-electron chi connectivity index (χ4n) is 4.40. The summed E-state index contributed by atoms with van der Waals surface area (Å²) in [5, 5.41) is 34.8. The lowest BCUT2D eigenvalue weighted by Crippen LogP contribution is -2.46. The highest BCUT2D eigenvalue weighted by Gasteiger charge is 2.50. The summed E-state index contributed by atoms with van der Waals surface area (Å²) in [6, 6.07) is 0. The Morgan fingerprint density at radius 2 is 1.72 bits per heavy atom. The lowest BCUT2D eigenvalue weighted by Gasteiger charge is -2.30. The summed E-state index contributed by atoms with van der Waals surface area (Å²) in [6.07, 6.45) is -8.15. The van der Waals surface area contributed by atoms with Gasteiger partial charge in [0.25, 0.3) is 0 Å². The molecule has 1 aliphatic rings. The quantitative estimate of drug-likeness (QED) is 0.0511. The lowest BCUT2D eigenvalue weighted by molar-refractivity contribution is -0.137. The Balaban J connectivity index is 1.52. The van der Waals surface area contributed by atoms with E-state index in [4.69, 9.17) is 24.6 Å². The third-order valence-electron chi connectivity index (χ3n) is 7.09. The van der Waals surface area contributed by atoms with Crippen LogP contribution in [0, 0.1) is 5.41 Å². The van der Waals surface area contributed by atoms with Crippen LogP contribution in [0.4, 0.5) is 5.82 Å². The molecule has 29 heteroatoms. The Labute approximate surface area is 304 Å². The minimum absolute atomic E-state index is 0.0251. The van der Waals surface area contributed by atoms with E-state index >= 15 is 0 Å². The largest absolute Gasteiger partial charge is 0.481 e. The van der Waals surface area contributed by atoms with Crippen LogP contribution in [0.1, 0.15) is 33.4 Å². The number of hydrogen-bond donors (Lipinski definition) is 10. The first-order chi connectivity index (χ1) is 24.4. The number of hydrogen-bond acceptors (Lipinski definition) is 19. The van der Waals surface area contributed by atoms with Crippen LogP contribution in [0.2, 0.25) is 0 Å². The molecule has 53 heavy (non-hydrogen) atoms. The van der Waals surface area contributed by atoms with Gasteiger partial charge in [0.2, 0.25) is 16.9 Å². The number of phosphoric acid groups is 3. The van der Waals surface area contributed by atoms with Gasteiger partial charge in [0.15, 0.2) is 17.7 Å². The van der Waals surface area contributed by atoms with E-state index in [1.807, 2.05) is 0 Å². The molecular weight excluding hydrogens is 799 g/mol. The van der Waals surface area contributed by atoms with Crippen molar-refractivity contribution in [1.82, 2.24) is 30.2 Å². The second-order valence-electron chi connectivity index (χ2n) is 11.9. The van der Waals surface area contributed by atoms with E-state index in [2.05, 4.69) is 34.4 Å². The van der Waals surface area contributed by atoms with Gasteiger partial charge < -0.3 is 56.0 Å². The number of aliphatic hydroxyl groups is 3. The molecule has 300 valence electrons. The molecule has 0 aromatic carbocycles. The summed E-state index contributed by atoms with van der Waals surface area (Å²) in [7, 11) is -16.4. The second-order valence-corrected chi connectivity index (χ2v) is 17.2. The van der Waals surface area contributed by atoms with Crippen LogP contribution >= 0.6 is 35.2 Å². The molecule has 3 rings (SSSR count). The Hall–Kier alpha value is -2.48. The van der Waals surface area contributed by atoms with Crippen molar-refractivity contribution in [3.05, 3.63) is 12.7 Å². The fraction of sp³-hybridized carbons (Fsp3) is 0.667. The van der Waals surface area contributed by atoms with Crippen molar-refractivity contribution in [2.75, 3.05) is 37.8 Å². The summed E-state index contributed by atoms with van der Waals surface area (Å²) in [5.74, 6) is -1.33. The standard InChI is InChI=1S/C24H40N7O18P3S/c1-12(32)23(37)53-7-6-26-14(33)4-5-27-21(36)18(35)24(2,3)9-46-52(43,44)49-51(41,42)45-8-13-17(48-50(38,39)40)16(34)22(47-13)31-11-30-15-19(25)28-10-29-20(15)31/h10-13,16-18,22,32,34-35H,4-9H2,1-3H3,(H,26,33)(H,27,36)(H,41,42)(H,43,44)(H2,25,28,29)(H2,38,39,40). The smallest absolute Gasteiger partial charge is 0.386 e. The molecule has 25 nitrogen and oxygen atoms in total. The number of amides is 2. The molecule has 2 aromatic heterocycles. The van der Waals surface area contributed by atoms with Crippen molar-refractivity contribution in [3.63, 3.8) is 0 Å². The number of ether oxygens (including phenoxy) is 1. The number of nitrogens with two attached hydrogens (primary N) is 1. The van der Waals surface area contributed by atoms with Crippen LogP contribution in [-0.2, 0) is 50.7 Å². The molecule has 3 heterocycles. The highest BCUT2D eigenvalue weighted by Crippen LogP contribution is 2.61. The minimum atomic E-state index is -5.57. The highest BCUT2D eigenvalue weighted by molar-refractivity contribution is 8.13. The number of rotatable bonds is 20. The van der Waals surface area contributed by atoms with E-state index in [0.717, 1.165) is 29.0 Å². The van der Waals surface area contributed by atoms with Crippen molar-refractivity contribution >= 4 is 69.1 Å². The number of nitrogen functional groups attached to an aromatic ring is 1. The van der Waals surface area contributed by atoms with Crippen molar-refractivity contribution in [3.8, 4) is 0 Å². The molecule has 1 aliphatic heterocycles. The van der Waals surface area contributed by atoms with Gasteiger partial charge in [-0.1, -0.05) is 25.6 Å². The van der Waals surface area contributed by atoms with Crippen LogP contribution in [-0.4, -0.2) is 134 Å². The summed E-state index contributed by atoms with van der Waals surface area (Å²) in [4.78, 5) is 86.5. The fourth-order valence-corrected chi connectivity index (χ4v) is 7.88. The zero-order valence-corrected chi connectivity index (χ0v) is 31.6. The molecule has 1 fully saturated rings. The van der Waals surface area contributed by atoms with Crippen LogP contribution in [0.3, 0.4) is 0 Å². The first-order valence-corrected chi connectivity index (χ1v) is 20.7. The van der Waals surface area contributed by atoms with Crippen molar-refractivity contribution in [1.29, 1.82) is 0 Å². The Bertz CT molecular complexity index is 1760. The van der Waals surface area contributed by atoms with E-state index in [9.17, 15) is 57.9 Å². The number of carbonyl (C=O) groups is 3. The summed E-state index contributed by atoms with van der Waals surface area (Å²) in [5.41, 5.74) is 4.23. The first kappa shape index (κ1) is 44.9. The van der Waals surface area contributed by atoms with Gasteiger partial charge in [-0.3, -0.25) is 32.5 Å². The predicted octanol–water partition coefficient (Wildman–Crippen LogP) is -1.95. The molecule has 0 bridgehead atoms. The molecule has 2 aromatic rings. The van der Waals surface area contributed by atoms with Crippen molar-refractivity contribution in [2.45, 2.75) is 63.9 Å². The number of fused-ring (bicyclic) bond motifs is 1. The maximum absolute atomic E-state index is 12.6. The van der Waals surface area contributed by atoms with Crippen molar-refractivity contribution < 1.29 is 85.6 Å². The van der Waals surface area contributed by atoms with Crippen molar-refractivity contribution in [2.24, 2.45) is 5.41 Å². The number of aromatic nitrogens is 4. The number of nitrogens with one attached hydrogen (secondary N) is 2. The van der Waals surface area contributed by atoms with Crippen LogP contribution in [0.15, 0.2) is 12.7 Å². The van der Waals surface area contributed by atoms with E-state index in [0.29, 0.717) is 0 Å². The molecule has 0 aliphatic carbocycles. The van der Waals surface area contributed by atoms with E-state index in [1.165, 1.54) is 20.8 Å². The Kier molecular flexibility index (Phi) is 15.6. The molecule has 8 atom stereocenters. The number of thioether (sulfide) groups is 1. The average molecular weight is 840 g/mol. The van der Waals surface area contributed by atoms with E-state index in [-0.39, 0.29) is 42.2 Å². The molecule has 0 spiro atoms. The normalized spacial score (nSPS) is 22.8. The number of imidazole rings is 1. The van der Waals surface area contributed by atoms with Gasteiger partial charge in [0.1, 0.15) is 42.4 Å². The van der Waals surface area contributed by atoms with Gasteiger partial charge in [-0.05, 0) is 6.92 Å². The average Bonchev–Trinajstić information content (AvgIpc) is 3.60.